The van der Waals surface area contributed by atoms with Gasteiger partial charge < -0.3 is 0 Å². The molecule has 0 aliphatic carbocycles. The average molecular weight is 261 g/mol. The van der Waals surface area contributed by atoms with E-state index in [1.54, 1.807) is 0 Å². The second kappa shape index (κ2) is 4.07. The molecule has 1 nitrogen and oxygen atoms in total. The minimum absolute atomic E-state index is 0.551. The van der Waals surface area contributed by atoms with Gasteiger partial charge in [0.2, 0.25) is 0 Å². The van der Waals surface area contributed by atoms with Crippen molar-refractivity contribution < 1.29 is 5.11 Å². The standard InChI is InChI=1S/C9H10IO/c1-2-9(11)7-4-3-5-8(10)6-7/h3-6,9H,2H2,1H3. The van der Waals surface area contributed by atoms with Crippen molar-refractivity contribution in [2.24, 2.45) is 0 Å². The van der Waals surface area contributed by atoms with Crippen LogP contribution in [0.5, 0.6) is 0 Å². The van der Waals surface area contributed by atoms with Gasteiger partial charge in [-0.05, 0) is 46.7 Å². The highest BCUT2D eigenvalue weighted by Crippen LogP contribution is 2.18. The van der Waals surface area contributed by atoms with E-state index in [1.165, 1.54) is 0 Å². The van der Waals surface area contributed by atoms with Gasteiger partial charge in [-0.2, -0.15) is 0 Å². The first-order valence-corrected chi connectivity index (χ1v) is 4.73. The Kier molecular flexibility index (Phi) is 3.33. The van der Waals surface area contributed by atoms with Crippen molar-refractivity contribution >= 4 is 22.6 Å². The summed E-state index contributed by atoms with van der Waals surface area (Å²) in [6.45, 7) is 1.91. The predicted molar refractivity (Wildman–Crippen MR) is 52.9 cm³/mol. The monoisotopic (exact) mass is 261 g/mol. The fraction of sp³-hybridized carbons (Fsp3) is 0.333. The Morgan fingerprint density at radius 3 is 2.82 bits per heavy atom. The van der Waals surface area contributed by atoms with Gasteiger partial charge in [-0.25, -0.2) is 5.11 Å². The molecule has 1 unspecified atom stereocenters. The molecule has 0 bridgehead atoms. The maximum Gasteiger partial charge on any atom is 0.118 e. The summed E-state index contributed by atoms with van der Waals surface area (Å²) in [5.41, 5.74) is 0.902. The van der Waals surface area contributed by atoms with Gasteiger partial charge in [-0.15, -0.1) is 0 Å². The molecule has 0 spiro atoms. The number of halogens is 1. The summed E-state index contributed by atoms with van der Waals surface area (Å²) in [7, 11) is 0. The number of benzene rings is 1. The topological polar surface area (TPSA) is 19.9 Å². The van der Waals surface area contributed by atoms with E-state index in [9.17, 15) is 5.11 Å². The molecule has 1 radical (unpaired) electrons. The molecule has 1 aromatic rings. The zero-order valence-electron chi connectivity index (χ0n) is 6.38. The predicted octanol–water partition coefficient (Wildman–Crippen LogP) is 3.17. The number of hydrogen-bond donors (Lipinski definition) is 0. The zero-order valence-corrected chi connectivity index (χ0v) is 8.54. The summed E-state index contributed by atoms with van der Waals surface area (Å²) < 4.78 is 1.13. The Balaban J connectivity index is 2.86. The van der Waals surface area contributed by atoms with Crippen molar-refractivity contribution in [3.63, 3.8) is 0 Å². The van der Waals surface area contributed by atoms with Crippen LogP contribution in [0.1, 0.15) is 25.0 Å². The van der Waals surface area contributed by atoms with Crippen LogP contribution in [0, 0.1) is 3.57 Å². The minimum atomic E-state index is -0.551. The van der Waals surface area contributed by atoms with Crippen molar-refractivity contribution in [2.75, 3.05) is 0 Å². The van der Waals surface area contributed by atoms with Gasteiger partial charge in [0.15, 0.2) is 0 Å². The minimum Gasteiger partial charge on any atom is -0.228 e. The summed E-state index contributed by atoms with van der Waals surface area (Å²) in [6, 6.07) is 7.76. The van der Waals surface area contributed by atoms with Gasteiger partial charge in [-0.1, -0.05) is 19.1 Å². The van der Waals surface area contributed by atoms with E-state index in [0.29, 0.717) is 6.42 Å². The molecule has 11 heavy (non-hydrogen) atoms. The molecule has 0 N–H and O–H groups in total. The van der Waals surface area contributed by atoms with Crippen LogP contribution in [0.15, 0.2) is 24.3 Å². The van der Waals surface area contributed by atoms with Gasteiger partial charge in [0.05, 0.1) is 0 Å². The van der Waals surface area contributed by atoms with E-state index >= 15 is 0 Å². The Morgan fingerprint density at radius 1 is 1.55 bits per heavy atom. The van der Waals surface area contributed by atoms with Crippen LogP contribution in [-0.2, 0) is 5.11 Å². The summed E-state index contributed by atoms with van der Waals surface area (Å²) in [5, 5.41) is 11.2. The molecule has 2 heteroatoms. The molecule has 1 aromatic carbocycles. The third-order valence-electron chi connectivity index (χ3n) is 1.59. The molecule has 59 valence electrons. The van der Waals surface area contributed by atoms with Crippen molar-refractivity contribution in [2.45, 2.75) is 19.4 Å². The Morgan fingerprint density at radius 2 is 2.27 bits per heavy atom. The van der Waals surface area contributed by atoms with E-state index < -0.39 is 6.10 Å². The molecule has 0 heterocycles. The highest BCUT2D eigenvalue weighted by Gasteiger charge is 2.05. The van der Waals surface area contributed by atoms with Crippen LogP contribution >= 0.6 is 22.6 Å². The van der Waals surface area contributed by atoms with Gasteiger partial charge in [-0.3, -0.25) is 0 Å². The molecule has 1 rings (SSSR count). The van der Waals surface area contributed by atoms with Crippen LogP contribution in [0.2, 0.25) is 0 Å². The normalized spacial score (nSPS) is 13.0. The first-order valence-electron chi connectivity index (χ1n) is 3.65. The zero-order chi connectivity index (χ0) is 8.27. The second-order valence-electron chi connectivity index (χ2n) is 2.45. The smallest absolute Gasteiger partial charge is 0.118 e. The number of hydrogen-bond acceptors (Lipinski definition) is 0. The first-order chi connectivity index (χ1) is 5.24. The van der Waals surface area contributed by atoms with Crippen molar-refractivity contribution in [1.29, 1.82) is 0 Å². The van der Waals surface area contributed by atoms with Gasteiger partial charge in [0, 0.05) is 3.57 Å². The molecular weight excluding hydrogens is 251 g/mol. The highest BCUT2D eigenvalue weighted by molar-refractivity contribution is 14.1. The largest absolute Gasteiger partial charge is 0.228 e. The van der Waals surface area contributed by atoms with Crippen molar-refractivity contribution in [1.82, 2.24) is 0 Å². The van der Waals surface area contributed by atoms with Crippen LogP contribution < -0.4 is 0 Å². The van der Waals surface area contributed by atoms with Crippen molar-refractivity contribution in [3.8, 4) is 0 Å². The van der Waals surface area contributed by atoms with Gasteiger partial charge >= 0.3 is 0 Å². The van der Waals surface area contributed by atoms with Crippen LogP contribution in [0.25, 0.3) is 0 Å². The third kappa shape index (κ3) is 2.45. The van der Waals surface area contributed by atoms with E-state index in [4.69, 9.17) is 0 Å². The molecule has 0 saturated heterocycles. The first kappa shape index (κ1) is 9.00. The highest BCUT2D eigenvalue weighted by atomic mass is 127. The SMILES string of the molecule is CCC([O])c1cccc(I)c1. The molecule has 0 aliphatic rings. The molecule has 0 aliphatic heterocycles. The van der Waals surface area contributed by atoms with Crippen LogP contribution in [-0.4, -0.2) is 0 Å². The Hall–Kier alpha value is -0.0900. The molecule has 0 saturated carbocycles. The molecular formula is C9H10IO. The third-order valence-corrected chi connectivity index (χ3v) is 2.26. The summed E-state index contributed by atoms with van der Waals surface area (Å²) in [5.74, 6) is 0. The van der Waals surface area contributed by atoms with E-state index in [-0.39, 0.29) is 0 Å². The molecule has 1 atom stereocenters. The maximum absolute atomic E-state index is 11.2. The fourth-order valence-electron chi connectivity index (χ4n) is 0.943. The lowest BCUT2D eigenvalue weighted by atomic mass is 10.1. The molecule has 0 amide bonds. The number of rotatable bonds is 2. The van der Waals surface area contributed by atoms with E-state index in [0.717, 1.165) is 9.13 Å². The van der Waals surface area contributed by atoms with E-state index in [2.05, 4.69) is 22.6 Å². The fourth-order valence-corrected chi connectivity index (χ4v) is 1.51. The summed E-state index contributed by atoms with van der Waals surface area (Å²) in [4.78, 5) is 0. The summed E-state index contributed by atoms with van der Waals surface area (Å²) >= 11 is 2.22. The van der Waals surface area contributed by atoms with Crippen LogP contribution in [0.3, 0.4) is 0 Å². The Bertz CT molecular complexity index is 235. The maximum atomic E-state index is 11.2. The van der Waals surface area contributed by atoms with Gasteiger partial charge in [0.25, 0.3) is 0 Å². The lowest BCUT2D eigenvalue weighted by molar-refractivity contribution is 0.0856. The lowest BCUT2D eigenvalue weighted by Crippen LogP contribution is -1.92. The lowest BCUT2D eigenvalue weighted by Gasteiger charge is -2.04. The van der Waals surface area contributed by atoms with Crippen molar-refractivity contribution in [3.05, 3.63) is 33.4 Å². The quantitative estimate of drug-likeness (QED) is 0.729. The molecule has 0 aromatic heterocycles. The summed E-state index contributed by atoms with van der Waals surface area (Å²) in [6.07, 6.45) is 0.116. The second-order valence-corrected chi connectivity index (χ2v) is 3.70. The molecule has 0 fully saturated rings. The van der Waals surface area contributed by atoms with E-state index in [1.807, 2.05) is 31.2 Å². The van der Waals surface area contributed by atoms with Gasteiger partial charge in [0.1, 0.15) is 6.10 Å². The van der Waals surface area contributed by atoms with Crippen LogP contribution in [0.4, 0.5) is 0 Å². The average Bonchev–Trinajstić information content (AvgIpc) is 2.03. The Labute approximate surface area is 80.6 Å².